The van der Waals surface area contributed by atoms with Crippen molar-refractivity contribution in [1.29, 1.82) is 0 Å². The average Bonchev–Trinajstić information content (AvgIpc) is 2.60. The Labute approximate surface area is 150 Å². The predicted molar refractivity (Wildman–Crippen MR) is 98.3 cm³/mol. The second-order valence-corrected chi connectivity index (χ2v) is 7.76. The second kappa shape index (κ2) is 8.00. The van der Waals surface area contributed by atoms with Crippen LogP contribution in [0.25, 0.3) is 0 Å². The average molecular weight is 343 g/mol. The molecule has 1 aromatic carbocycles. The molecule has 5 heteroatoms. The van der Waals surface area contributed by atoms with E-state index in [1.807, 2.05) is 30.3 Å². The highest BCUT2D eigenvalue weighted by Crippen LogP contribution is 2.30. The van der Waals surface area contributed by atoms with E-state index >= 15 is 0 Å². The van der Waals surface area contributed by atoms with Crippen molar-refractivity contribution in [2.24, 2.45) is 5.92 Å². The van der Waals surface area contributed by atoms with Crippen LogP contribution >= 0.6 is 0 Å². The van der Waals surface area contributed by atoms with Crippen LogP contribution in [0.5, 0.6) is 0 Å². The van der Waals surface area contributed by atoms with Crippen molar-refractivity contribution >= 4 is 11.8 Å². The van der Waals surface area contributed by atoms with Crippen molar-refractivity contribution in [1.82, 2.24) is 15.5 Å². The van der Waals surface area contributed by atoms with Crippen molar-refractivity contribution in [3.05, 3.63) is 35.9 Å². The van der Waals surface area contributed by atoms with E-state index in [0.29, 0.717) is 24.6 Å². The Bertz CT molecular complexity index is 590. The second-order valence-electron chi connectivity index (χ2n) is 7.76. The summed E-state index contributed by atoms with van der Waals surface area (Å²) >= 11 is 0. The zero-order valence-corrected chi connectivity index (χ0v) is 15.1. The molecule has 2 fully saturated rings. The fourth-order valence-electron chi connectivity index (χ4n) is 3.69. The largest absolute Gasteiger partial charge is 0.352 e. The molecule has 1 aromatic rings. The highest BCUT2D eigenvalue weighted by atomic mass is 16.2. The molecule has 0 spiro atoms. The number of nitrogens with zero attached hydrogens (tertiary/aromatic N) is 1. The molecule has 0 bridgehead atoms. The molecule has 2 N–H and O–H groups in total. The zero-order chi connectivity index (χ0) is 17.7. The van der Waals surface area contributed by atoms with Gasteiger partial charge in [0, 0.05) is 17.6 Å². The van der Waals surface area contributed by atoms with Gasteiger partial charge in [-0.15, -0.1) is 0 Å². The van der Waals surface area contributed by atoms with E-state index in [2.05, 4.69) is 22.5 Å². The van der Waals surface area contributed by atoms with Gasteiger partial charge in [0.1, 0.15) is 0 Å². The van der Waals surface area contributed by atoms with Gasteiger partial charge in [-0.2, -0.15) is 0 Å². The lowest BCUT2D eigenvalue weighted by atomic mass is 9.78. The number of amides is 2. The lowest BCUT2D eigenvalue weighted by molar-refractivity contribution is -0.125. The highest BCUT2D eigenvalue weighted by Gasteiger charge is 2.33. The van der Waals surface area contributed by atoms with Crippen LogP contribution < -0.4 is 10.6 Å². The van der Waals surface area contributed by atoms with Crippen LogP contribution in [0.4, 0.5) is 0 Å². The van der Waals surface area contributed by atoms with Crippen LogP contribution in [0.1, 0.15) is 49.4 Å². The fraction of sp³-hybridized carbons (Fsp3) is 0.600. The van der Waals surface area contributed by atoms with Gasteiger partial charge in [-0.1, -0.05) is 18.2 Å². The fourth-order valence-corrected chi connectivity index (χ4v) is 3.69. The SMILES string of the molecule is CC1(NC(=O)CN2CCC(CNC(=O)c3ccccc3)CC2)CCC1. The van der Waals surface area contributed by atoms with Gasteiger partial charge in [-0.25, -0.2) is 0 Å². The van der Waals surface area contributed by atoms with Crippen LogP contribution in [0, 0.1) is 5.92 Å². The van der Waals surface area contributed by atoms with Gasteiger partial charge in [-0.3, -0.25) is 14.5 Å². The third-order valence-electron chi connectivity index (χ3n) is 5.56. The lowest BCUT2D eigenvalue weighted by Gasteiger charge is -2.40. The van der Waals surface area contributed by atoms with Crippen LogP contribution in [-0.2, 0) is 4.79 Å². The first-order valence-corrected chi connectivity index (χ1v) is 9.41. The van der Waals surface area contributed by atoms with Gasteiger partial charge in [0.05, 0.1) is 6.54 Å². The normalized spacial score (nSPS) is 20.5. The molecule has 1 heterocycles. The number of rotatable bonds is 6. The molecule has 1 aliphatic heterocycles. The molecule has 25 heavy (non-hydrogen) atoms. The Morgan fingerprint density at radius 3 is 2.44 bits per heavy atom. The molecule has 0 atom stereocenters. The third-order valence-corrected chi connectivity index (χ3v) is 5.56. The number of likely N-dealkylation sites (tertiary alicyclic amines) is 1. The summed E-state index contributed by atoms with van der Waals surface area (Å²) in [6.45, 7) is 5.20. The van der Waals surface area contributed by atoms with E-state index in [0.717, 1.165) is 38.8 Å². The minimum absolute atomic E-state index is 0.00357. The molecule has 5 nitrogen and oxygen atoms in total. The number of hydrogen-bond acceptors (Lipinski definition) is 3. The van der Waals surface area contributed by atoms with Crippen molar-refractivity contribution < 1.29 is 9.59 Å². The molecule has 0 aromatic heterocycles. The predicted octanol–water partition coefficient (Wildman–Crippen LogP) is 2.19. The Morgan fingerprint density at radius 2 is 1.84 bits per heavy atom. The summed E-state index contributed by atoms with van der Waals surface area (Å²) in [6.07, 6.45) is 5.47. The standard InChI is InChI=1S/C20H29N3O2/c1-20(10-5-11-20)22-18(24)15-23-12-8-16(9-13-23)14-21-19(25)17-6-3-2-4-7-17/h2-4,6-7,16H,5,8-15H2,1H3,(H,21,25)(H,22,24). The minimum atomic E-state index is -0.00357. The quantitative estimate of drug-likeness (QED) is 0.832. The number of benzene rings is 1. The minimum Gasteiger partial charge on any atom is -0.352 e. The van der Waals surface area contributed by atoms with E-state index in [9.17, 15) is 9.59 Å². The molecule has 136 valence electrons. The molecule has 1 aliphatic carbocycles. The Balaban J connectivity index is 1.34. The Kier molecular flexibility index (Phi) is 5.74. The number of nitrogens with one attached hydrogen (secondary N) is 2. The van der Waals surface area contributed by atoms with Gasteiger partial charge < -0.3 is 10.6 Å². The molecule has 0 unspecified atom stereocenters. The first kappa shape index (κ1) is 17.9. The van der Waals surface area contributed by atoms with Crippen molar-refractivity contribution in [3.63, 3.8) is 0 Å². The summed E-state index contributed by atoms with van der Waals surface area (Å²) < 4.78 is 0. The summed E-state index contributed by atoms with van der Waals surface area (Å²) in [6, 6.07) is 9.33. The Hall–Kier alpha value is -1.88. The molecule has 2 amide bonds. The highest BCUT2D eigenvalue weighted by molar-refractivity contribution is 5.94. The smallest absolute Gasteiger partial charge is 0.251 e. The maximum absolute atomic E-state index is 12.2. The van der Waals surface area contributed by atoms with Crippen LogP contribution in [0.3, 0.4) is 0 Å². The Morgan fingerprint density at radius 1 is 1.16 bits per heavy atom. The maximum atomic E-state index is 12.2. The van der Waals surface area contributed by atoms with Crippen LogP contribution in [-0.4, -0.2) is 48.4 Å². The van der Waals surface area contributed by atoms with Gasteiger partial charge in [-0.05, 0) is 70.2 Å². The monoisotopic (exact) mass is 343 g/mol. The molecular formula is C20H29N3O2. The van der Waals surface area contributed by atoms with Crippen LogP contribution in [0.15, 0.2) is 30.3 Å². The van der Waals surface area contributed by atoms with Gasteiger partial charge in [0.2, 0.25) is 5.91 Å². The summed E-state index contributed by atoms with van der Waals surface area (Å²) in [4.78, 5) is 26.5. The topological polar surface area (TPSA) is 61.4 Å². The van der Waals surface area contributed by atoms with Gasteiger partial charge in [0.15, 0.2) is 0 Å². The summed E-state index contributed by atoms with van der Waals surface area (Å²) in [5.41, 5.74) is 0.748. The summed E-state index contributed by atoms with van der Waals surface area (Å²) in [7, 11) is 0. The van der Waals surface area contributed by atoms with Gasteiger partial charge >= 0.3 is 0 Å². The molecular weight excluding hydrogens is 314 g/mol. The molecule has 2 aliphatic rings. The molecule has 0 radical (unpaired) electrons. The van der Waals surface area contributed by atoms with E-state index in [-0.39, 0.29) is 17.4 Å². The maximum Gasteiger partial charge on any atom is 0.251 e. The first-order chi connectivity index (χ1) is 12.0. The van der Waals surface area contributed by atoms with Crippen molar-refractivity contribution in [2.45, 2.75) is 44.6 Å². The zero-order valence-electron chi connectivity index (χ0n) is 15.1. The van der Waals surface area contributed by atoms with E-state index in [1.54, 1.807) is 0 Å². The number of carbonyl (C=O) groups is 2. The molecule has 1 saturated carbocycles. The van der Waals surface area contributed by atoms with Crippen molar-refractivity contribution in [3.8, 4) is 0 Å². The number of carbonyl (C=O) groups excluding carboxylic acids is 2. The van der Waals surface area contributed by atoms with E-state index in [1.165, 1.54) is 6.42 Å². The van der Waals surface area contributed by atoms with Gasteiger partial charge in [0.25, 0.3) is 5.91 Å². The van der Waals surface area contributed by atoms with Crippen LogP contribution in [0.2, 0.25) is 0 Å². The number of hydrogen-bond donors (Lipinski definition) is 2. The lowest BCUT2D eigenvalue weighted by Crippen LogP contribution is -2.54. The van der Waals surface area contributed by atoms with E-state index < -0.39 is 0 Å². The number of piperidine rings is 1. The third kappa shape index (κ3) is 5.05. The molecule has 3 rings (SSSR count). The molecule has 1 saturated heterocycles. The first-order valence-electron chi connectivity index (χ1n) is 9.41. The summed E-state index contributed by atoms with van der Waals surface area (Å²) in [5, 5.41) is 6.21. The van der Waals surface area contributed by atoms with E-state index in [4.69, 9.17) is 0 Å². The van der Waals surface area contributed by atoms with Crippen molar-refractivity contribution in [2.75, 3.05) is 26.2 Å². The summed E-state index contributed by atoms with van der Waals surface area (Å²) in [5.74, 6) is 0.644.